The van der Waals surface area contributed by atoms with Gasteiger partial charge in [0, 0.05) is 20.1 Å². The lowest BCUT2D eigenvalue weighted by atomic mass is 10.2. The Morgan fingerprint density at radius 1 is 1.48 bits per heavy atom. The van der Waals surface area contributed by atoms with Crippen molar-refractivity contribution in [1.82, 2.24) is 10.2 Å². The average Bonchev–Trinajstić information content (AvgIpc) is 2.80. The molecule has 1 aromatic rings. The minimum atomic E-state index is -3.81. The lowest BCUT2D eigenvalue weighted by Crippen LogP contribution is -2.35. The molecule has 1 aliphatic rings. The fraction of sp³-hybridized carbons (Fsp3) is 0.417. The van der Waals surface area contributed by atoms with Crippen molar-refractivity contribution in [2.45, 2.75) is 11.4 Å². The van der Waals surface area contributed by atoms with Gasteiger partial charge < -0.3 is 15.0 Å². The predicted octanol–water partition coefficient (Wildman–Crippen LogP) is 0.352. The molecular weight excluding hydrogens is 407 g/mol. The summed E-state index contributed by atoms with van der Waals surface area (Å²) in [5.74, 6) is 1.05. The Morgan fingerprint density at radius 2 is 2.19 bits per heavy atom. The Kier molecular flexibility index (Phi) is 6.23. The molecule has 21 heavy (non-hydrogen) atoms. The van der Waals surface area contributed by atoms with Gasteiger partial charge in [0.05, 0.1) is 13.7 Å². The molecule has 2 rings (SSSR count). The maximum atomic E-state index is 11.5. The zero-order valence-electron chi connectivity index (χ0n) is 11.9. The van der Waals surface area contributed by atoms with Gasteiger partial charge in [-0.15, -0.1) is 24.0 Å². The standard InChI is InChI=1S/C12H18N4O3S.HI/c1-16-6-5-14-12(16)15-8-9-3-4-10(19-2)11(7-9)20(13,17)18;/h3-4,7H,5-6,8H2,1-2H3,(H,14,15)(H2,13,17,18);1H. The Balaban J connectivity index is 0.00000220. The number of nitrogens with zero attached hydrogens (tertiary/aromatic N) is 2. The van der Waals surface area contributed by atoms with Crippen LogP contribution in [0.5, 0.6) is 5.75 Å². The third-order valence-electron chi connectivity index (χ3n) is 3.04. The molecule has 0 atom stereocenters. The highest BCUT2D eigenvalue weighted by Crippen LogP contribution is 2.23. The lowest BCUT2D eigenvalue weighted by Gasteiger charge is -2.16. The Hall–Kier alpha value is -1.07. The van der Waals surface area contributed by atoms with Crippen LogP contribution in [0.4, 0.5) is 0 Å². The van der Waals surface area contributed by atoms with Crippen LogP contribution >= 0.6 is 24.0 Å². The van der Waals surface area contributed by atoms with Crippen LogP contribution in [-0.4, -0.2) is 46.5 Å². The molecule has 0 bridgehead atoms. The minimum Gasteiger partial charge on any atom is -0.495 e. The van der Waals surface area contributed by atoms with E-state index in [1.807, 2.05) is 11.9 Å². The highest BCUT2D eigenvalue weighted by Gasteiger charge is 2.16. The molecule has 0 aromatic heterocycles. The molecule has 7 nitrogen and oxygen atoms in total. The molecule has 0 amide bonds. The molecule has 9 heteroatoms. The van der Waals surface area contributed by atoms with E-state index in [2.05, 4.69) is 10.3 Å². The van der Waals surface area contributed by atoms with Gasteiger partial charge in [0.1, 0.15) is 10.6 Å². The highest BCUT2D eigenvalue weighted by atomic mass is 127. The summed E-state index contributed by atoms with van der Waals surface area (Å²) < 4.78 is 28.1. The quantitative estimate of drug-likeness (QED) is 0.678. The number of halogens is 1. The first-order valence-electron chi connectivity index (χ1n) is 6.11. The van der Waals surface area contributed by atoms with Crippen molar-refractivity contribution >= 4 is 40.0 Å². The average molecular weight is 426 g/mol. The smallest absolute Gasteiger partial charge is 0.241 e. The van der Waals surface area contributed by atoms with Crippen molar-refractivity contribution in [3.05, 3.63) is 23.8 Å². The van der Waals surface area contributed by atoms with Crippen molar-refractivity contribution < 1.29 is 13.2 Å². The van der Waals surface area contributed by atoms with Gasteiger partial charge >= 0.3 is 0 Å². The van der Waals surface area contributed by atoms with Gasteiger partial charge in [-0.05, 0) is 17.7 Å². The van der Waals surface area contributed by atoms with Gasteiger partial charge in [0.15, 0.2) is 5.96 Å². The molecule has 0 radical (unpaired) electrons. The van der Waals surface area contributed by atoms with E-state index >= 15 is 0 Å². The van der Waals surface area contributed by atoms with Crippen LogP contribution in [0.25, 0.3) is 0 Å². The monoisotopic (exact) mass is 426 g/mol. The van der Waals surface area contributed by atoms with Crippen LogP contribution in [-0.2, 0) is 16.6 Å². The van der Waals surface area contributed by atoms with Crippen LogP contribution in [0, 0.1) is 0 Å². The summed E-state index contributed by atoms with van der Waals surface area (Å²) >= 11 is 0. The van der Waals surface area contributed by atoms with Gasteiger partial charge in [0.2, 0.25) is 10.0 Å². The number of sulfonamides is 1. The highest BCUT2D eigenvalue weighted by molar-refractivity contribution is 14.0. The molecule has 0 saturated carbocycles. The number of hydrogen-bond acceptors (Lipinski definition) is 6. The van der Waals surface area contributed by atoms with Crippen LogP contribution in [0.3, 0.4) is 0 Å². The first-order chi connectivity index (χ1) is 9.41. The van der Waals surface area contributed by atoms with E-state index in [0.29, 0.717) is 6.54 Å². The fourth-order valence-electron chi connectivity index (χ4n) is 1.96. The van der Waals surface area contributed by atoms with E-state index in [9.17, 15) is 8.42 Å². The van der Waals surface area contributed by atoms with Crippen LogP contribution in [0.15, 0.2) is 28.1 Å². The molecule has 1 heterocycles. The van der Waals surface area contributed by atoms with Crippen molar-refractivity contribution in [3.8, 4) is 5.75 Å². The first-order valence-corrected chi connectivity index (χ1v) is 7.65. The molecule has 118 valence electrons. The van der Waals surface area contributed by atoms with Crippen molar-refractivity contribution in [3.63, 3.8) is 0 Å². The molecule has 0 fully saturated rings. The SMILES string of the molecule is COc1ccc(CNC2=NCCN2C)cc1S(N)(=O)=O.I. The van der Waals surface area contributed by atoms with E-state index < -0.39 is 10.0 Å². The number of rotatable bonds is 4. The molecule has 0 spiro atoms. The van der Waals surface area contributed by atoms with Crippen molar-refractivity contribution in [2.24, 2.45) is 10.1 Å². The van der Waals surface area contributed by atoms with Gasteiger partial charge in [0.25, 0.3) is 0 Å². The number of nitrogens with two attached hydrogens (primary N) is 1. The fourth-order valence-corrected chi connectivity index (χ4v) is 2.71. The zero-order chi connectivity index (χ0) is 14.8. The molecular formula is C12H19IN4O3S. The lowest BCUT2D eigenvalue weighted by molar-refractivity contribution is 0.402. The van der Waals surface area contributed by atoms with Gasteiger partial charge in [-0.3, -0.25) is 4.99 Å². The number of ether oxygens (including phenoxy) is 1. The summed E-state index contributed by atoms with van der Waals surface area (Å²) in [5, 5.41) is 8.35. The molecule has 0 aliphatic carbocycles. The van der Waals surface area contributed by atoms with Gasteiger partial charge in [-0.25, -0.2) is 13.6 Å². The molecule has 1 aliphatic heterocycles. The Morgan fingerprint density at radius 3 is 2.71 bits per heavy atom. The minimum absolute atomic E-state index is 0. The second kappa shape index (κ2) is 7.27. The summed E-state index contributed by atoms with van der Waals surface area (Å²) in [6.07, 6.45) is 0. The van der Waals surface area contributed by atoms with Crippen LogP contribution in [0.2, 0.25) is 0 Å². The normalized spacial score (nSPS) is 14.4. The molecule has 0 saturated heterocycles. The van der Waals surface area contributed by atoms with Crippen molar-refractivity contribution in [2.75, 3.05) is 27.2 Å². The third-order valence-corrected chi connectivity index (χ3v) is 3.98. The number of methoxy groups -OCH3 is 1. The molecule has 1 aromatic carbocycles. The second-order valence-electron chi connectivity index (χ2n) is 4.51. The topological polar surface area (TPSA) is 97.0 Å². The van der Waals surface area contributed by atoms with E-state index in [1.165, 1.54) is 13.2 Å². The van der Waals surface area contributed by atoms with E-state index in [4.69, 9.17) is 9.88 Å². The number of guanidine groups is 1. The summed E-state index contributed by atoms with van der Waals surface area (Å²) in [6, 6.07) is 4.89. The maximum absolute atomic E-state index is 11.5. The molecule has 3 N–H and O–H groups in total. The second-order valence-corrected chi connectivity index (χ2v) is 6.04. The number of nitrogens with one attached hydrogen (secondary N) is 1. The summed E-state index contributed by atoms with van der Waals surface area (Å²) in [5.41, 5.74) is 0.790. The van der Waals surface area contributed by atoms with E-state index in [0.717, 1.165) is 24.6 Å². The Bertz CT molecular complexity index is 633. The van der Waals surface area contributed by atoms with E-state index in [-0.39, 0.29) is 34.6 Å². The largest absolute Gasteiger partial charge is 0.495 e. The van der Waals surface area contributed by atoms with E-state index in [1.54, 1.807) is 12.1 Å². The Labute approximate surface area is 141 Å². The number of benzene rings is 1. The molecule has 0 unspecified atom stereocenters. The van der Waals surface area contributed by atoms with Gasteiger partial charge in [-0.1, -0.05) is 6.07 Å². The first kappa shape index (κ1) is 18.0. The van der Waals surface area contributed by atoms with Gasteiger partial charge in [-0.2, -0.15) is 0 Å². The predicted molar refractivity (Wildman–Crippen MR) is 91.6 cm³/mol. The van der Waals surface area contributed by atoms with Crippen LogP contribution in [0.1, 0.15) is 5.56 Å². The maximum Gasteiger partial charge on any atom is 0.241 e. The summed E-state index contributed by atoms with van der Waals surface area (Å²) in [7, 11) is -0.456. The summed E-state index contributed by atoms with van der Waals surface area (Å²) in [6.45, 7) is 2.12. The number of hydrogen-bond donors (Lipinski definition) is 2. The van der Waals surface area contributed by atoms with Crippen molar-refractivity contribution in [1.29, 1.82) is 0 Å². The number of aliphatic imine (C=N–C) groups is 1. The third kappa shape index (κ3) is 4.45. The summed E-state index contributed by atoms with van der Waals surface area (Å²) in [4.78, 5) is 6.29. The number of primary sulfonamides is 1. The van der Waals surface area contributed by atoms with Crippen LogP contribution < -0.4 is 15.2 Å². The zero-order valence-corrected chi connectivity index (χ0v) is 15.0. The number of likely N-dealkylation sites (N-methyl/N-ethyl adjacent to an activating group) is 1.